The number of aromatic hydroxyl groups is 1. The van der Waals surface area contributed by atoms with Crippen molar-refractivity contribution in [3.05, 3.63) is 30.2 Å². The molecule has 3 N–H and O–H groups in total. The van der Waals surface area contributed by atoms with E-state index >= 15 is 0 Å². The Bertz CT molecular complexity index is 438. The largest absolute Gasteiger partial charge is 0.508 e. The number of hydrogen-bond acceptors (Lipinski definition) is 6. The van der Waals surface area contributed by atoms with Crippen molar-refractivity contribution < 1.29 is 14.5 Å². The first-order chi connectivity index (χ1) is 7.29. The van der Waals surface area contributed by atoms with Gasteiger partial charge in [-0.05, 0) is 24.3 Å². The summed E-state index contributed by atoms with van der Waals surface area (Å²) in [4.78, 5) is 8.40. The second-order valence-corrected chi connectivity index (χ2v) is 2.87. The molecule has 0 saturated heterocycles. The van der Waals surface area contributed by atoms with E-state index in [-0.39, 0.29) is 12.4 Å². The summed E-state index contributed by atoms with van der Waals surface area (Å²) < 4.78 is 4.86. The number of phenolic OH excluding ortho intramolecular Hbond substituents is 1. The van der Waals surface area contributed by atoms with Crippen LogP contribution < -0.4 is 5.90 Å². The highest BCUT2D eigenvalue weighted by Gasteiger charge is 2.07. The fourth-order valence-electron chi connectivity index (χ4n) is 1.11. The van der Waals surface area contributed by atoms with Crippen LogP contribution in [-0.2, 0) is 11.4 Å². The van der Waals surface area contributed by atoms with E-state index in [0.29, 0.717) is 11.7 Å². The SMILES string of the molecule is NOCc1nc(-c2ccc(O)cc2)no1. The van der Waals surface area contributed by atoms with Crippen LogP contribution in [0.2, 0.25) is 0 Å². The zero-order chi connectivity index (χ0) is 10.7. The Labute approximate surface area is 85.2 Å². The van der Waals surface area contributed by atoms with Crippen molar-refractivity contribution in [3.63, 3.8) is 0 Å². The molecular formula is C9H9N3O3. The Morgan fingerprint density at radius 3 is 2.73 bits per heavy atom. The first-order valence-corrected chi connectivity index (χ1v) is 4.23. The maximum absolute atomic E-state index is 9.09. The minimum atomic E-state index is 0.0745. The third-order valence-electron chi connectivity index (χ3n) is 1.80. The molecule has 1 aromatic carbocycles. The molecule has 2 aromatic rings. The Morgan fingerprint density at radius 1 is 1.33 bits per heavy atom. The highest BCUT2D eigenvalue weighted by atomic mass is 16.6. The molecule has 78 valence electrons. The molecule has 0 aliphatic heterocycles. The summed E-state index contributed by atoms with van der Waals surface area (Å²) in [6.45, 7) is 0.0745. The number of benzene rings is 1. The van der Waals surface area contributed by atoms with Crippen LogP contribution in [0.5, 0.6) is 5.75 Å². The molecule has 0 aliphatic rings. The van der Waals surface area contributed by atoms with E-state index in [2.05, 4.69) is 15.0 Å². The normalized spacial score (nSPS) is 10.5. The third kappa shape index (κ3) is 2.12. The lowest BCUT2D eigenvalue weighted by Gasteiger charge is -1.93. The minimum Gasteiger partial charge on any atom is -0.508 e. The van der Waals surface area contributed by atoms with E-state index in [4.69, 9.17) is 15.5 Å². The zero-order valence-electron chi connectivity index (χ0n) is 7.75. The summed E-state index contributed by atoms with van der Waals surface area (Å²) in [5.41, 5.74) is 0.750. The number of nitrogens with two attached hydrogens (primary N) is 1. The van der Waals surface area contributed by atoms with Crippen LogP contribution in [0.15, 0.2) is 28.8 Å². The number of aromatic nitrogens is 2. The molecule has 0 bridgehead atoms. The molecule has 0 spiro atoms. The van der Waals surface area contributed by atoms with Crippen LogP contribution in [-0.4, -0.2) is 15.2 Å². The maximum atomic E-state index is 9.09. The first kappa shape index (κ1) is 9.63. The standard InChI is InChI=1S/C9H9N3O3/c10-14-5-8-11-9(12-15-8)6-1-3-7(13)4-2-6/h1-4,13H,5,10H2. The average molecular weight is 207 g/mol. The van der Waals surface area contributed by atoms with Crippen molar-refractivity contribution in [3.8, 4) is 17.1 Å². The monoisotopic (exact) mass is 207 g/mol. The van der Waals surface area contributed by atoms with E-state index in [1.54, 1.807) is 24.3 Å². The second kappa shape index (κ2) is 4.07. The van der Waals surface area contributed by atoms with Crippen molar-refractivity contribution in [2.24, 2.45) is 5.90 Å². The van der Waals surface area contributed by atoms with Crippen LogP contribution in [0.1, 0.15) is 5.89 Å². The fourth-order valence-corrected chi connectivity index (χ4v) is 1.11. The molecule has 0 unspecified atom stereocenters. The lowest BCUT2D eigenvalue weighted by molar-refractivity contribution is 0.0996. The topological polar surface area (TPSA) is 94.4 Å². The summed E-state index contributed by atoms with van der Waals surface area (Å²) in [5, 5.41) is 12.8. The van der Waals surface area contributed by atoms with Crippen LogP contribution >= 0.6 is 0 Å². The van der Waals surface area contributed by atoms with Gasteiger partial charge in [-0.25, -0.2) is 5.90 Å². The molecule has 6 nitrogen and oxygen atoms in total. The molecule has 0 atom stereocenters. The Morgan fingerprint density at radius 2 is 2.07 bits per heavy atom. The second-order valence-electron chi connectivity index (χ2n) is 2.87. The maximum Gasteiger partial charge on any atom is 0.255 e. The fraction of sp³-hybridized carbons (Fsp3) is 0.111. The van der Waals surface area contributed by atoms with E-state index in [1.165, 1.54) is 0 Å². The summed E-state index contributed by atoms with van der Waals surface area (Å²) >= 11 is 0. The van der Waals surface area contributed by atoms with Gasteiger partial charge in [0, 0.05) is 5.56 Å². The molecule has 0 amide bonds. The van der Waals surface area contributed by atoms with Crippen molar-refractivity contribution in [2.75, 3.05) is 0 Å². The zero-order valence-corrected chi connectivity index (χ0v) is 7.75. The van der Waals surface area contributed by atoms with Gasteiger partial charge in [-0.1, -0.05) is 5.16 Å². The predicted octanol–water partition coefficient (Wildman–Crippen LogP) is 0.832. The van der Waals surface area contributed by atoms with Crippen molar-refractivity contribution in [2.45, 2.75) is 6.61 Å². The molecule has 1 aromatic heterocycles. The Kier molecular flexibility index (Phi) is 2.61. The summed E-state index contributed by atoms with van der Waals surface area (Å²) in [6.07, 6.45) is 0. The van der Waals surface area contributed by atoms with Gasteiger partial charge in [0.25, 0.3) is 5.89 Å². The lowest BCUT2D eigenvalue weighted by Crippen LogP contribution is -1.98. The van der Waals surface area contributed by atoms with Gasteiger partial charge in [0.2, 0.25) is 5.82 Å². The van der Waals surface area contributed by atoms with Gasteiger partial charge in [-0.2, -0.15) is 4.98 Å². The predicted molar refractivity (Wildman–Crippen MR) is 50.4 cm³/mol. The van der Waals surface area contributed by atoms with Gasteiger partial charge in [-0.15, -0.1) is 0 Å². The van der Waals surface area contributed by atoms with Gasteiger partial charge in [0.1, 0.15) is 12.4 Å². The van der Waals surface area contributed by atoms with E-state index < -0.39 is 0 Å². The molecule has 0 aliphatic carbocycles. The molecule has 0 fully saturated rings. The minimum absolute atomic E-state index is 0.0745. The van der Waals surface area contributed by atoms with Crippen LogP contribution in [0.4, 0.5) is 0 Å². The van der Waals surface area contributed by atoms with Crippen LogP contribution in [0.25, 0.3) is 11.4 Å². The first-order valence-electron chi connectivity index (χ1n) is 4.23. The van der Waals surface area contributed by atoms with Crippen LogP contribution in [0, 0.1) is 0 Å². The number of hydrogen-bond donors (Lipinski definition) is 2. The van der Waals surface area contributed by atoms with Gasteiger partial charge in [0.15, 0.2) is 0 Å². The van der Waals surface area contributed by atoms with Gasteiger partial charge in [-0.3, -0.25) is 4.84 Å². The Hall–Kier alpha value is -1.92. The smallest absolute Gasteiger partial charge is 0.255 e. The number of rotatable bonds is 3. The number of nitrogens with zero attached hydrogens (tertiary/aromatic N) is 2. The van der Waals surface area contributed by atoms with Gasteiger partial charge in [0.05, 0.1) is 0 Å². The van der Waals surface area contributed by atoms with Crippen molar-refractivity contribution >= 4 is 0 Å². The summed E-state index contributed by atoms with van der Waals surface area (Å²) in [5.74, 6) is 5.79. The molecule has 1 heterocycles. The highest BCUT2D eigenvalue weighted by Crippen LogP contribution is 2.18. The van der Waals surface area contributed by atoms with Crippen molar-refractivity contribution in [1.82, 2.24) is 10.1 Å². The van der Waals surface area contributed by atoms with Gasteiger partial charge >= 0.3 is 0 Å². The van der Waals surface area contributed by atoms with E-state index in [9.17, 15) is 0 Å². The number of phenols is 1. The molecule has 15 heavy (non-hydrogen) atoms. The average Bonchev–Trinajstić information content (AvgIpc) is 2.68. The quantitative estimate of drug-likeness (QED) is 0.724. The summed E-state index contributed by atoms with van der Waals surface area (Å²) in [7, 11) is 0. The lowest BCUT2D eigenvalue weighted by atomic mass is 10.2. The third-order valence-corrected chi connectivity index (χ3v) is 1.80. The Balaban J connectivity index is 2.25. The summed E-state index contributed by atoms with van der Waals surface area (Å²) in [6, 6.07) is 6.47. The van der Waals surface area contributed by atoms with Crippen molar-refractivity contribution in [1.29, 1.82) is 0 Å². The van der Waals surface area contributed by atoms with Crippen LogP contribution in [0.3, 0.4) is 0 Å². The molecule has 6 heteroatoms. The molecule has 0 saturated carbocycles. The molecular weight excluding hydrogens is 198 g/mol. The van der Waals surface area contributed by atoms with E-state index in [1.807, 2.05) is 0 Å². The highest BCUT2D eigenvalue weighted by molar-refractivity contribution is 5.55. The molecule has 2 rings (SSSR count). The van der Waals surface area contributed by atoms with Gasteiger partial charge < -0.3 is 9.63 Å². The molecule has 0 radical (unpaired) electrons. The van der Waals surface area contributed by atoms with E-state index in [0.717, 1.165) is 5.56 Å².